The predicted octanol–water partition coefficient (Wildman–Crippen LogP) is 1.18. The molecular formula is C10H8N4O4. The summed E-state index contributed by atoms with van der Waals surface area (Å²) >= 11 is 0. The molecule has 2 aromatic heterocycles. The molecule has 0 unspecified atom stereocenters. The normalized spacial score (nSPS) is 10.3. The van der Waals surface area contributed by atoms with Crippen LogP contribution >= 0.6 is 0 Å². The molecule has 1 N–H and O–H groups in total. The van der Waals surface area contributed by atoms with E-state index in [9.17, 15) is 14.9 Å². The zero-order valence-corrected chi connectivity index (χ0v) is 9.27. The van der Waals surface area contributed by atoms with Gasteiger partial charge < -0.3 is 5.11 Å². The molecule has 0 saturated carbocycles. The van der Waals surface area contributed by atoms with Crippen LogP contribution in [0, 0.1) is 17.0 Å². The minimum Gasteiger partial charge on any atom is -0.478 e. The number of carboxylic acids is 1. The maximum Gasteiger partial charge on any atom is 0.338 e. The number of nitrogens with zero attached hydrogens (tertiary/aromatic N) is 4. The van der Waals surface area contributed by atoms with Gasteiger partial charge in [0.2, 0.25) is 0 Å². The lowest BCUT2D eigenvalue weighted by molar-refractivity contribution is -0.385. The van der Waals surface area contributed by atoms with Crippen LogP contribution in [-0.2, 0) is 0 Å². The first-order valence-corrected chi connectivity index (χ1v) is 4.89. The third kappa shape index (κ3) is 2.03. The minimum absolute atomic E-state index is 0.0211. The van der Waals surface area contributed by atoms with Crippen LogP contribution in [0.4, 0.5) is 5.69 Å². The van der Waals surface area contributed by atoms with Crippen LogP contribution < -0.4 is 0 Å². The lowest BCUT2D eigenvalue weighted by Crippen LogP contribution is -2.02. The molecule has 0 fully saturated rings. The highest BCUT2D eigenvalue weighted by Gasteiger charge is 2.14. The van der Waals surface area contributed by atoms with Crippen molar-refractivity contribution < 1.29 is 14.8 Å². The van der Waals surface area contributed by atoms with Crippen molar-refractivity contribution in [3.05, 3.63) is 45.9 Å². The Morgan fingerprint density at radius 3 is 2.72 bits per heavy atom. The van der Waals surface area contributed by atoms with Crippen molar-refractivity contribution in [2.45, 2.75) is 6.92 Å². The Hall–Kier alpha value is -2.77. The van der Waals surface area contributed by atoms with Crippen molar-refractivity contribution >= 4 is 11.7 Å². The molecule has 8 heteroatoms. The van der Waals surface area contributed by atoms with Crippen LogP contribution in [0.25, 0.3) is 5.82 Å². The van der Waals surface area contributed by atoms with E-state index in [-0.39, 0.29) is 16.9 Å². The molecule has 92 valence electrons. The Balaban J connectivity index is 2.42. The van der Waals surface area contributed by atoms with Crippen molar-refractivity contribution in [1.82, 2.24) is 14.8 Å². The van der Waals surface area contributed by atoms with Gasteiger partial charge in [0.05, 0.1) is 16.7 Å². The van der Waals surface area contributed by atoms with Crippen LogP contribution in [0.5, 0.6) is 0 Å². The molecule has 0 spiro atoms. The molecule has 0 atom stereocenters. The molecule has 2 heterocycles. The first-order chi connectivity index (χ1) is 8.49. The van der Waals surface area contributed by atoms with Crippen LogP contribution in [0.2, 0.25) is 0 Å². The Morgan fingerprint density at radius 1 is 1.50 bits per heavy atom. The molecule has 0 aromatic carbocycles. The molecule has 18 heavy (non-hydrogen) atoms. The summed E-state index contributed by atoms with van der Waals surface area (Å²) in [5.74, 6) is -0.773. The summed E-state index contributed by atoms with van der Waals surface area (Å²) in [6.07, 6.45) is 2.47. The molecule has 0 aliphatic heterocycles. The van der Waals surface area contributed by atoms with E-state index in [1.54, 1.807) is 0 Å². The van der Waals surface area contributed by atoms with Gasteiger partial charge in [0, 0.05) is 12.3 Å². The number of aromatic carboxylic acids is 1. The zero-order valence-electron chi connectivity index (χ0n) is 9.27. The van der Waals surface area contributed by atoms with Crippen LogP contribution in [-0.4, -0.2) is 30.8 Å². The number of nitro groups is 1. The van der Waals surface area contributed by atoms with Gasteiger partial charge in [-0.2, -0.15) is 5.10 Å². The number of aryl methyl sites for hydroxylation is 1. The first kappa shape index (κ1) is 11.7. The van der Waals surface area contributed by atoms with Crippen molar-refractivity contribution in [3.63, 3.8) is 0 Å². The number of carbonyl (C=O) groups is 1. The third-order valence-electron chi connectivity index (χ3n) is 2.30. The number of aromatic nitrogens is 3. The predicted molar refractivity (Wildman–Crippen MR) is 59.7 cm³/mol. The summed E-state index contributed by atoms with van der Waals surface area (Å²) in [6, 6.07) is 2.71. The second-order valence-corrected chi connectivity index (χ2v) is 3.51. The fraction of sp³-hybridized carbons (Fsp3) is 0.100. The van der Waals surface area contributed by atoms with Gasteiger partial charge in [-0.1, -0.05) is 0 Å². The van der Waals surface area contributed by atoms with E-state index in [0.717, 1.165) is 0 Å². The monoisotopic (exact) mass is 248 g/mol. The Kier molecular flexibility index (Phi) is 2.76. The highest BCUT2D eigenvalue weighted by molar-refractivity contribution is 5.86. The number of hydrogen-bond donors (Lipinski definition) is 1. The highest BCUT2D eigenvalue weighted by Crippen LogP contribution is 2.17. The van der Waals surface area contributed by atoms with Gasteiger partial charge in [-0.05, 0) is 13.0 Å². The minimum atomic E-state index is -1.10. The summed E-state index contributed by atoms with van der Waals surface area (Å²) in [5, 5.41) is 23.2. The fourth-order valence-electron chi connectivity index (χ4n) is 1.42. The summed E-state index contributed by atoms with van der Waals surface area (Å²) in [6.45, 7) is 1.50. The summed E-state index contributed by atoms with van der Waals surface area (Å²) < 4.78 is 1.25. The van der Waals surface area contributed by atoms with Crippen molar-refractivity contribution in [2.75, 3.05) is 0 Å². The molecule has 0 radical (unpaired) electrons. The van der Waals surface area contributed by atoms with E-state index in [0.29, 0.717) is 5.82 Å². The molecule has 0 amide bonds. The van der Waals surface area contributed by atoms with Crippen LogP contribution in [0.1, 0.15) is 16.1 Å². The fourth-order valence-corrected chi connectivity index (χ4v) is 1.42. The second-order valence-electron chi connectivity index (χ2n) is 3.51. The number of hydrogen-bond acceptors (Lipinski definition) is 5. The maximum absolute atomic E-state index is 10.7. The first-order valence-electron chi connectivity index (χ1n) is 4.89. The van der Waals surface area contributed by atoms with Gasteiger partial charge in [-0.25, -0.2) is 14.5 Å². The zero-order chi connectivity index (χ0) is 13.3. The van der Waals surface area contributed by atoms with Gasteiger partial charge >= 0.3 is 5.97 Å². The number of pyridine rings is 1. The molecule has 0 bridgehead atoms. The Morgan fingerprint density at radius 2 is 2.22 bits per heavy atom. The van der Waals surface area contributed by atoms with Gasteiger partial charge in [0.1, 0.15) is 5.69 Å². The molecule has 0 aliphatic carbocycles. The van der Waals surface area contributed by atoms with Gasteiger partial charge in [0.15, 0.2) is 5.82 Å². The van der Waals surface area contributed by atoms with Crippen LogP contribution in [0.3, 0.4) is 0 Å². The van der Waals surface area contributed by atoms with Crippen molar-refractivity contribution in [3.8, 4) is 5.82 Å². The average Bonchev–Trinajstić information content (AvgIpc) is 2.77. The largest absolute Gasteiger partial charge is 0.478 e. The van der Waals surface area contributed by atoms with E-state index >= 15 is 0 Å². The molecule has 2 rings (SSSR count). The van der Waals surface area contributed by atoms with Crippen molar-refractivity contribution in [2.24, 2.45) is 0 Å². The quantitative estimate of drug-likeness (QED) is 0.644. The van der Waals surface area contributed by atoms with Gasteiger partial charge in [-0.3, -0.25) is 10.1 Å². The van der Waals surface area contributed by atoms with E-state index in [2.05, 4.69) is 10.1 Å². The number of rotatable bonds is 3. The molecule has 0 saturated heterocycles. The number of carboxylic acid groups (broad SMARTS) is 1. The summed E-state index contributed by atoms with van der Waals surface area (Å²) in [4.78, 5) is 24.8. The van der Waals surface area contributed by atoms with E-state index in [1.807, 2.05) is 0 Å². The summed E-state index contributed by atoms with van der Waals surface area (Å²) in [7, 11) is 0. The smallest absolute Gasteiger partial charge is 0.338 e. The molecule has 2 aromatic rings. The molecular weight excluding hydrogens is 240 g/mol. The van der Waals surface area contributed by atoms with Crippen LogP contribution in [0.15, 0.2) is 24.5 Å². The summed E-state index contributed by atoms with van der Waals surface area (Å²) in [5.41, 5.74) is 0.169. The third-order valence-corrected chi connectivity index (χ3v) is 2.30. The van der Waals surface area contributed by atoms with Gasteiger partial charge in [-0.15, -0.1) is 0 Å². The second kappa shape index (κ2) is 4.24. The SMILES string of the molecule is Cc1nc(-n2cc(C(=O)O)cn2)ccc1[N+](=O)[O-]. The van der Waals surface area contributed by atoms with E-state index in [4.69, 9.17) is 5.11 Å². The molecule has 0 aliphatic rings. The Bertz CT molecular complexity index is 635. The van der Waals surface area contributed by atoms with Crippen molar-refractivity contribution in [1.29, 1.82) is 0 Å². The lowest BCUT2D eigenvalue weighted by atomic mass is 10.3. The standard InChI is InChI=1S/C10H8N4O4/c1-6-8(14(17)18)2-3-9(12-6)13-5-7(4-11-13)10(15)16/h2-5H,1H3,(H,15,16). The van der Waals surface area contributed by atoms with E-state index in [1.165, 1.54) is 36.1 Å². The topological polar surface area (TPSA) is 111 Å². The van der Waals surface area contributed by atoms with Gasteiger partial charge in [0.25, 0.3) is 5.69 Å². The maximum atomic E-state index is 10.7. The Labute approximate surface area is 101 Å². The lowest BCUT2D eigenvalue weighted by Gasteiger charge is -2.01. The highest BCUT2D eigenvalue weighted by atomic mass is 16.6. The average molecular weight is 248 g/mol. The molecule has 8 nitrogen and oxygen atoms in total. The van der Waals surface area contributed by atoms with E-state index < -0.39 is 10.9 Å².